The van der Waals surface area contributed by atoms with Crippen LogP contribution in [0.5, 0.6) is 5.75 Å². The highest BCUT2D eigenvalue weighted by Gasteiger charge is 2.33. The molecule has 28 heavy (non-hydrogen) atoms. The highest BCUT2D eigenvalue weighted by molar-refractivity contribution is 9.10. The van der Waals surface area contributed by atoms with Crippen molar-refractivity contribution in [2.45, 2.75) is 6.54 Å². The van der Waals surface area contributed by atoms with Crippen LogP contribution in [-0.2, 0) is 20.9 Å². The highest BCUT2D eigenvalue weighted by Crippen LogP contribution is 2.20. The van der Waals surface area contributed by atoms with Crippen molar-refractivity contribution in [1.29, 1.82) is 0 Å². The maximum atomic E-state index is 12.5. The molecule has 0 spiro atoms. The number of carbonyl (C=O) groups is 3. The first-order valence-electron chi connectivity index (χ1n) is 8.73. The summed E-state index contributed by atoms with van der Waals surface area (Å²) in [5, 5.41) is 2.72. The van der Waals surface area contributed by atoms with Gasteiger partial charge in [-0.05, 0) is 30.3 Å². The highest BCUT2D eigenvalue weighted by atomic mass is 79.9. The van der Waals surface area contributed by atoms with Gasteiger partial charge in [-0.3, -0.25) is 14.4 Å². The number of anilines is 1. The molecular weight excluding hydrogens is 426 g/mol. The second kappa shape index (κ2) is 8.88. The Hall–Kier alpha value is -2.87. The van der Waals surface area contributed by atoms with Gasteiger partial charge in [0.2, 0.25) is 5.91 Å². The van der Waals surface area contributed by atoms with Gasteiger partial charge in [-0.15, -0.1) is 0 Å². The van der Waals surface area contributed by atoms with Crippen molar-refractivity contribution in [2.75, 3.05) is 32.1 Å². The molecule has 3 rings (SSSR count). The van der Waals surface area contributed by atoms with E-state index in [1.807, 2.05) is 24.3 Å². The van der Waals surface area contributed by atoms with Gasteiger partial charge in [0.25, 0.3) is 0 Å². The molecule has 1 aliphatic heterocycles. The number of hydrogen-bond donors (Lipinski definition) is 1. The first kappa shape index (κ1) is 19.9. The van der Waals surface area contributed by atoms with Gasteiger partial charge >= 0.3 is 11.8 Å². The second-order valence-corrected chi connectivity index (χ2v) is 7.24. The average molecular weight is 446 g/mol. The first-order chi connectivity index (χ1) is 13.5. The lowest BCUT2D eigenvalue weighted by Crippen LogP contribution is -2.55. The van der Waals surface area contributed by atoms with Crippen LogP contribution in [0.3, 0.4) is 0 Å². The Balaban J connectivity index is 1.58. The maximum Gasteiger partial charge on any atom is 0.312 e. The predicted octanol–water partition coefficient (Wildman–Crippen LogP) is 2.27. The van der Waals surface area contributed by atoms with Gasteiger partial charge < -0.3 is 19.9 Å². The van der Waals surface area contributed by atoms with Gasteiger partial charge in [0.1, 0.15) is 12.3 Å². The molecular formula is C20H20BrN3O4. The van der Waals surface area contributed by atoms with Gasteiger partial charge in [-0.1, -0.05) is 34.1 Å². The topological polar surface area (TPSA) is 79.0 Å². The van der Waals surface area contributed by atoms with Crippen LogP contribution in [0, 0.1) is 0 Å². The van der Waals surface area contributed by atoms with Crippen LogP contribution in [0.1, 0.15) is 5.56 Å². The molecule has 3 amide bonds. The molecule has 0 aliphatic carbocycles. The molecule has 2 aromatic rings. The minimum Gasteiger partial charge on any atom is -0.496 e. The lowest BCUT2D eigenvalue weighted by Gasteiger charge is -2.33. The zero-order valence-electron chi connectivity index (χ0n) is 15.4. The fraction of sp³-hybridized carbons (Fsp3) is 0.250. The Morgan fingerprint density at radius 2 is 1.68 bits per heavy atom. The largest absolute Gasteiger partial charge is 0.496 e. The summed E-state index contributed by atoms with van der Waals surface area (Å²) in [6.07, 6.45) is 0. The second-order valence-electron chi connectivity index (χ2n) is 6.32. The molecule has 1 heterocycles. The van der Waals surface area contributed by atoms with Crippen LogP contribution >= 0.6 is 15.9 Å². The minimum atomic E-state index is -0.674. The summed E-state index contributed by atoms with van der Waals surface area (Å²) in [6, 6.07) is 14.5. The first-order valence-corrected chi connectivity index (χ1v) is 9.52. The summed E-state index contributed by atoms with van der Waals surface area (Å²) in [4.78, 5) is 39.9. The SMILES string of the molecule is COc1ccccc1CN1CCN(CC(=O)Nc2ccc(Br)cc2)C(=O)C1=O. The summed E-state index contributed by atoms with van der Waals surface area (Å²) in [5.74, 6) is -0.971. The Morgan fingerprint density at radius 3 is 2.39 bits per heavy atom. The number of nitrogens with one attached hydrogen (secondary N) is 1. The Kier molecular flexibility index (Phi) is 6.30. The lowest BCUT2D eigenvalue weighted by molar-refractivity contribution is -0.157. The number of halogens is 1. The van der Waals surface area contributed by atoms with Crippen LogP contribution in [0.25, 0.3) is 0 Å². The smallest absolute Gasteiger partial charge is 0.312 e. The third kappa shape index (κ3) is 4.69. The number of para-hydroxylation sites is 1. The summed E-state index contributed by atoms with van der Waals surface area (Å²) in [5.41, 5.74) is 1.45. The molecule has 146 valence electrons. The van der Waals surface area contributed by atoms with Crippen molar-refractivity contribution in [3.8, 4) is 5.75 Å². The van der Waals surface area contributed by atoms with Gasteiger partial charge in [-0.25, -0.2) is 0 Å². The van der Waals surface area contributed by atoms with Crippen LogP contribution in [0.2, 0.25) is 0 Å². The average Bonchev–Trinajstić information content (AvgIpc) is 2.70. The number of amides is 3. The molecule has 0 bridgehead atoms. The van der Waals surface area contributed by atoms with E-state index >= 15 is 0 Å². The van der Waals surface area contributed by atoms with E-state index in [0.717, 1.165) is 10.0 Å². The predicted molar refractivity (Wildman–Crippen MR) is 108 cm³/mol. The number of nitrogens with zero attached hydrogens (tertiary/aromatic N) is 2. The monoisotopic (exact) mass is 445 g/mol. The maximum absolute atomic E-state index is 12.5. The number of benzene rings is 2. The molecule has 1 aliphatic rings. The van der Waals surface area contributed by atoms with Crippen LogP contribution in [0.4, 0.5) is 5.69 Å². The summed E-state index contributed by atoms with van der Waals surface area (Å²) in [6.45, 7) is 0.776. The molecule has 1 N–H and O–H groups in total. The van der Waals surface area contributed by atoms with E-state index < -0.39 is 11.8 Å². The van der Waals surface area contributed by atoms with E-state index in [4.69, 9.17) is 4.74 Å². The van der Waals surface area contributed by atoms with Gasteiger partial charge in [0, 0.05) is 35.4 Å². The molecule has 1 saturated heterocycles. The summed E-state index contributed by atoms with van der Waals surface area (Å²) < 4.78 is 6.20. The van der Waals surface area contributed by atoms with Crippen molar-refractivity contribution in [1.82, 2.24) is 9.80 Å². The number of methoxy groups -OCH3 is 1. The lowest BCUT2D eigenvalue weighted by atomic mass is 10.1. The Morgan fingerprint density at radius 1 is 1.04 bits per heavy atom. The van der Waals surface area contributed by atoms with E-state index in [0.29, 0.717) is 24.5 Å². The van der Waals surface area contributed by atoms with Crippen molar-refractivity contribution in [2.24, 2.45) is 0 Å². The van der Waals surface area contributed by atoms with Crippen molar-refractivity contribution >= 4 is 39.3 Å². The minimum absolute atomic E-state index is 0.164. The normalized spacial score (nSPS) is 14.2. The molecule has 8 heteroatoms. The van der Waals surface area contributed by atoms with Gasteiger partial charge in [0.05, 0.1) is 7.11 Å². The fourth-order valence-corrected chi connectivity index (χ4v) is 3.23. The van der Waals surface area contributed by atoms with Crippen molar-refractivity contribution in [3.05, 3.63) is 58.6 Å². The molecule has 0 aromatic heterocycles. The third-order valence-electron chi connectivity index (χ3n) is 4.41. The Labute approximate surface area is 171 Å². The van der Waals surface area contributed by atoms with Gasteiger partial charge in [-0.2, -0.15) is 0 Å². The molecule has 2 aromatic carbocycles. The third-order valence-corrected chi connectivity index (χ3v) is 4.94. The zero-order chi connectivity index (χ0) is 20.1. The summed E-state index contributed by atoms with van der Waals surface area (Å²) >= 11 is 3.33. The Bertz CT molecular complexity index is 885. The molecule has 7 nitrogen and oxygen atoms in total. The standard InChI is InChI=1S/C20H20BrN3O4/c1-28-17-5-3-2-4-14(17)12-23-10-11-24(20(27)19(23)26)13-18(25)22-16-8-6-15(21)7-9-16/h2-9H,10-13H2,1H3,(H,22,25). The van der Waals surface area contributed by atoms with Crippen molar-refractivity contribution in [3.63, 3.8) is 0 Å². The van der Waals surface area contributed by atoms with Crippen LogP contribution in [0.15, 0.2) is 53.0 Å². The number of piperazine rings is 1. The molecule has 0 saturated carbocycles. The van der Waals surface area contributed by atoms with E-state index in [2.05, 4.69) is 21.2 Å². The number of carbonyl (C=O) groups excluding carboxylic acids is 3. The van der Waals surface area contributed by atoms with Crippen LogP contribution in [-0.4, -0.2) is 54.3 Å². The van der Waals surface area contributed by atoms with E-state index in [-0.39, 0.29) is 19.0 Å². The van der Waals surface area contributed by atoms with E-state index in [1.54, 1.807) is 31.4 Å². The number of hydrogen-bond acceptors (Lipinski definition) is 4. The molecule has 0 radical (unpaired) electrons. The van der Waals surface area contributed by atoms with Crippen molar-refractivity contribution < 1.29 is 19.1 Å². The number of ether oxygens (including phenoxy) is 1. The quantitative estimate of drug-likeness (QED) is 0.691. The zero-order valence-corrected chi connectivity index (χ0v) is 16.9. The van der Waals surface area contributed by atoms with Gasteiger partial charge in [0.15, 0.2) is 0 Å². The molecule has 1 fully saturated rings. The summed E-state index contributed by atoms with van der Waals surface area (Å²) in [7, 11) is 1.56. The fourth-order valence-electron chi connectivity index (χ4n) is 2.96. The molecule has 0 unspecified atom stereocenters. The van der Waals surface area contributed by atoms with Crippen LogP contribution < -0.4 is 10.1 Å². The van der Waals surface area contributed by atoms with E-state index in [9.17, 15) is 14.4 Å². The number of rotatable bonds is 6. The van der Waals surface area contributed by atoms with E-state index in [1.165, 1.54) is 9.80 Å². The molecule has 0 atom stereocenters.